The Bertz CT molecular complexity index is 417. The Labute approximate surface area is 115 Å². The molecule has 0 radical (unpaired) electrons. The number of benzene rings is 1. The molecule has 1 N–H and O–H groups in total. The van der Waals surface area contributed by atoms with E-state index in [4.69, 9.17) is 4.74 Å². The highest BCUT2D eigenvalue weighted by atomic mass is 16.5. The maximum Gasteiger partial charge on any atom is 0.323 e. The summed E-state index contributed by atoms with van der Waals surface area (Å²) in [7, 11) is 0. The Morgan fingerprint density at radius 3 is 2.84 bits per heavy atom. The molecule has 1 aromatic carbocycles. The molecule has 1 unspecified atom stereocenters. The van der Waals surface area contributed by atoms with Crippen molar-refractivity contribution in [2.45, 2.75) is 51.6 Å². The lowest BCUT2D eigenvalue weighted by Gasteiger charge is -2.24. The average molecular weight is 261 g/mol. The van der Waals surface area contributed by atoms with E-state index < -0.39 is 0 Å². The van der Waals surface area contributed by atoms with Gasteiger partial charge in [0.25, 0.3) is 0 Å². The Balaban J connectivity index is 1.76. The Hall–Kier alpha value is -1.35. The minimum atomic E-state index is -0.180. The topological polar surface area (TPSA) is 38.3 Å². The molecular formula is C16H23NO2. The van der Waals surface area contributed by atoms with E-state index in [-0.39, 0.29) is 12.0 Å². The summed E-state index contributed by atoms with van der Waals surface area (Å²) in [6.07, 6.45) is 5.28. The van der Waals surface area contributed by atoms with Crippen LogP contribution in [-0.4, -0.2) is 18.6 Å². The van der Waals surface area contributed by atoms with Crippen LogP contribution >= 0.6 is 0 Å². The zero-order valence-electron chi connectivity index (χ0n) is 11.7. The van der Waals surface area contributed by atoms with E-state index in [9.17, 15) is 4.79 Å². The molecule has 0 spiro atoms. The molecule has 0 saturated carbocycles. The molecule has 3 nitrogen and oxygen atoms in total. The Morgan fingerprint density at radius 2 is 2.05 bits per heavy atom. The predicted octanol–water partition coefficient (Wildman–Crippen LogP) is 2.82. The second kappa shape index (κ2) is 7.29. The highest BCUT2D eigenvalue weighted by Gasteiger charge is 2.24. The van der Waals surface area contributed by atoms with E-state index in [0.717, 1.165) is 25.8 Å². The molecular weight excluding hydrogens is 238 g/mol. The van der Waals surface area contributed by atoms with E-state index in [0.29, 0.717) is 6.61 Å². The lowest BCUT2D eigenvalue weighted by Crippen LogP contribution is -2.42. The van der Waals surface area contributed by atoms with E-state index >= 15 is 0 Å². The number of ether oxygens (including phenoxy) is 1. The number of fused-ring (bicyclic) bond motifs is 1. The molecule has 3 heteroatoms. The molecule has 1 atom stereocenters. The van der Waals surface area contributed by atoms with Crippen molar-refractivity contribution in [3.63, 3.8) is 0 Å². The largest absolute Gasteiger partial charge is 0.465 e. The maximum absolute atomic E-state index is 12.0. The van der Waals surface area contributed by atoms with Crippen LogP contribution < -0.4 is 5.32 Å². The summed E-state index contributed by atoms with van der Waals surface area (Å²) in [4.78, 5) is 12.0. The number of esters is 1. The predicted molar refractivity (Wildman–Crippen MR) is 75.9 cm³/mol. The Kier molecular flexibility index (Phi) is 5.40. The van der Waals surface area contributed by atoms with E-state index in [2.05, 4.69) is 24.4 Å². The third-order valence-electron chi connectivity index (χ3n) is 3.61. The van der Waals surface area contributed by atoms with Gasteiger partial charge in [0.05, 0.1) is 6.61 Å². The first-order valence-electron chi connectivity index (χ1n) is 7.28. The molecule has 19 heavy (non-hydrogen) atoms. The van der Waals surface area contributed by atoms with Crippen molar-refractivity contribution in [1.82, 2.24) is 5.32 Å². The van der Waals surface area contributed by atoms with E-state index in [1.165, 1.54) is 24.0 Å². The van der Waals surface area contributed by atoms with Crippen molar-refractivity contribution in [3.8, 4) is 0 Å². The van der Waals surface area contributed by atoms with Crippen molar-refractivity contribution in [1.29, 1.82) is 0 Å². The van der Waals surface area contributed by atoms with Gasteiger partial charge in [0.15, 0.2) is 0 Å². The molecule has 0 amide bonds. The minimum Gasteiger partial charge on any atom is -0.465 e. The standard InChI is InChI=1S/C16H23NO2/c1-2-3-4-7-10-19-16(18)15-11-13-8-5-6-9-14(13)12-17-15/h5-6,8-9,15,17H,2-4,7,10-12H2,1H3. The van der Waals surface area contributed by atoms with Gasteiger partial charge in [-0.3, -0.25) is 4.79 Å². The number of hydrogen-bond acceptors (Lipinski definition) is 3. The zero-order valence-corrected chi connectivity index (χ0v) is 11.7. The summed E-state index contributed by atoms with van der Waals surface area (Å²) >= 11 is 0. The second-order valence-electron chi connectivity index (χ2n) is 5.13. The zero-order chi connectivity index (χ0) is 13.5. The van der Waals surface area contributed by atoms with Gasteiger partial charge in [-0.05, 0) is 24.0 Å². The van der Waals surface area contributed by atoms with Crippen LogP contribution in [0.5, 0.6) is 0 Å². The number of carbonyl (C=O) groups is 1. The van der Waals surface area contributed by atoms with Crippen LogP contribution in [0.1, 0.15) is 43.7 Å². The van der Waals surface area contributed by atoms with Crippen molar-refractivity contribution in [2.24, 2.45) is 0 Å². The quantitative estimate of drug-likeness (QED) is 0.632. The summed E-state index contributed by atoms with van der Waals surface area (Å²) in [6.45, 7) is 3.49. The van der Waals surface area contributed by atoms with E-state index in [1.807, 2.05) is 12.1 Å². The summed E-state index contributed by atoms with van der Waals surface area (Å²) in [6, 6.07) is 8.08. The fourth-order valence-corrected chi connectivity index (χ4v) is 2.42. The van der Waals surface area contributed by atoms with Gasteiger partial charge in [0.2, 0.25) is 0 Å². The third-order valence-corrected chi connectivity index (χ3v) is 3.61. The molecule has 0 aliphatic carbocycles. The van der Waals surface area contributed by atoms with Gasteiger partial charge in [-0.1, -0.05) is 50.5 Å². The van der Waals surface area contributed by atoms with Gasteiger partial charge >= 0.3 is 5.97 Å². The Morgan fingerprint density at radius 1 is 1.26 bits per heavy atom. The van der Waals surface area contributed by atoms with Crippen molar-refractivity contribution in [2.75, 3.05) is 6.61 Å². The van der Waals surface area contributed by atoms with Crippen LogP contribution in [0.15, 0.2) is 24.3 Å². The monoisotopic (exact) mass is 261 g/mol. The van der Waals surface area contributed by atoms with Gasteiger partial charge in [-0.25, -0.2) is 0 Å². The summed E-state index contributed by atoms with van der Waals surface area (Å²) < 4.78 is 5.34. The van der Waals surface area contributed by atoms with Gasteiger partial charge in [-0.2, -0.15) is 0 Å². The average Bonchev–Trinajstić information content (AvgIpc) is 2.46. The highest BCUT2D eigenvalue weighted by Crippen LogP contribution is 2.16. The maximum atomic E-state index is 12.0. The van der Waals surface area contributed by atoms with Crippen molar-refractivity contribution < 1.29 is 9.53 Å². The first kappa shape index (κ1) is 14.1. The molecule has 1 heterocycles. The fraction of sp³-hybridized carbons (Fsp3) is 0.562. The summed E-state index contributed by atoms with van der Waals surface area (Å²) in [5.74, 6) is -0.106. The van der Waals surface area contributed by atoms with Crippen LogP contribution in [0.4, 0.5) is 0 Å². The summed E-state index contributed by atoms with van der Waals surface area (Å²) in [5, 5.41) is 3.25. The molecule has 2 rings (SSSR count). The first-order chi connectivity index (χ1) is 9.31. The third kappa shape index (κ3) is 4.06. The van der Waals surface area contributed by atoms with E-state index in [1.54, 1.807) is 0 Å². The second-order valence-corrected chi connectivity index (χ2v) is 5.13. The molecule has 1 aliphatic heterocycles. The molecule has 0 saturated heterocycles. The normalized spacial score (nSPS) is 17.8. The summed E-state index contributed by atoms with van der Waals surface area (Å²) in [5.41, 5.74) is 2.55. The SMILES string of the molecule is CCCCCCOC(=O)C1Cc2ccccc2CN1. The molecule has 0 fully saturated rings. The number of carbonyl (C=O) groups excluding carboxylic acids is 1. The first-order valence-corrected chi connectivity index (χ1v) is 7.28. The van der Waals surface area contributed by atoms with Gasteiger partial charge in [-0.15, -0.1) is 0 Å². The minimum absolute atomic E-state index is 0.106. The van der Waals surface area contributed by atoms with Crippen LogP contribution in [0.3, 0.4) is 0 Å². The molecule has 0 bridgehead atoms. The van der Waals surface area contributed by atoms with Gasteiger partial charge < -0.3 is 10.1 Å². The number of nitrogens with one attached hydrogen (secondary N) is 1. The van der Waals surface area contributed by atoms with Crippen molar-refractivity contribution >= 4 is 5.97 Å². The molecule has 104 valence electrons. The van der Waals surface area contributed by atoms with Crippen LogP contribution in [0.25, 0.3) is 0 Å². The van der Waals surface area contributed by atoms with Gasteiger partial charge in [0.1, 0.15) is 6.04 Å². The number of unbranched alkanes of at least 4 members (excludes halogenated alkanes) is 3. The lowest BCUT2D eigenvalue weighted by atomic mass is 9.96. The van der Waals surface area contributed by atoms with Crippen LogP contribution in [-0.2, 0) is 22.5 Å². The van der Waals surface area contributed by atoms with Crippen molar-refractivity contribution in [3.05, 3.63) is 35.4 Å². The number of hydrogen-bond donors (Lipinski definition) is 1. The molecule has 1 aromatic rings. The number of rotatable bonds is 6. The lowest BCUT2D eigenvalue weighted by molar-refractivity contribution is -0.146. The van der Waals surface area contributed by atoms with Gasteiger partial charge in [0, 0.05) is 6.54 Å². The highest BCUT2D eigenvalue weighted by molar-refractivity contribution is 5.76. The van der Waals surface area contributed by atoms with Crippen LogP contribution in [0.2, 0.25) is 0 Å². The smallest absolute Gasteiger partial charge is 0.323 e. The molecule has 0 aromatic heterocycles. The molecule has 1 aliphatic rings. The fourth-order valence-electron chi connectivity index (χ4n) is 2.42. The van der Waals surface area contributed by atoms with Crippen LogP contribution in [0, 0.1) is 0 Å².